The first-order valence-corrected chi connectivity index (χ1v) is 7.12. The Labute approximate surface area is 119 Å². The van der Waals surface area contributed by atoms with E-state index in [0.29, 0.717) is 6.54 Å². The zero-order chi connectivity index (χ0) is 13.9. The molecule has 3 aromatic rings. The zero-order valence-corrected chi connectivity index (χ0v) is 11.8. The molecule has 20 heavy (non-hydrogen) atoms. The molecule has 3 rings (SSSR count). The van der Waals surface area contributed by atoms with Crippen molar-refractivity contribution < 1.29 is 0 Å². The molecule has 0 bridgehead atoms. The van der Waals surface area contributed by atoms with Crippen molar-refractivity contribution in [2.24, 2.45) is 5.73 Å². The van der Waals surface area contributed by atoms with Crippen LogP contribution in [0.3, 0.4) is 0 Å². The van der Waals surface area contributed by atoms with Gasteiger partial charge >= 0.3 is 0 Å². The maximum absolute atomic E-state index is 5.59. The minimum Gasteiger partial charge on any atom is -0.358 e. The Morgan fingerprint density at radius 1 is 0.950 bits per heavy atom. The first kappa shape index (κ1) is 12.9. The zero-order valence-electron chi connectivity index (χ0n) is 11.8. The summed E-state index contributed by atoms with van der Waals surface area (Å²) in [5.41, 5.74) is 12.1. The normalized spacial score (nSPS) is 11.1. The van der Waals surface area contributed by atoms with Crippen LogP contribution in [0.15, 0.2) is 48.5 Å². The van der Waals surface area contributed by atoms with Gasteiger partial charge < -0.3 is 10.7 Å². The number of hydrogen-bond donors (Lipinski definition) is 2. The van der Waals surface area contributed by atoms with Crippen LogP contribution in [0.2, 0.25) is 0 Å². The van der Waals surface area contributed by atoms with Gasteiger partial charge in [0.15, 0.2) is 0 Å². The van der Waals surface area contributed by atoms with Crippen molar-refractivity contribution >= 4 is 10.9 Å². The highest BCUT2D eigenvalue weighted by atomic mass is 14.7. The van der Waals surface area contributed by atoms with Crippen LogP contribution >= 0.6 is 0 Å². The minimum absolute atomic E-state index is 0.709. The lowest BCUT2D eigenvalue weighted by Gasteiger charge is -2.04. The van der Waals surface area contributed by atoms with Crippen molar-refractivity contribution in [2.75, 3.05) is 6.54 Å². The highest BCUT2D eigenvalue weighted by Crippen LogP contribution is 2.24. The Morgan fingerprint density at radius 3 is 2.40 bits per heavy atom. The van der Waals surface area contributed by atoms with Crippen molar-refractivity contribution in [1.82, 2.24) is 4.98 Å². The lowest BCUT2D eigenvalue weighted by Crippen LogP contribution is -2.02. The number of H-pyrrole nitrogens is 1. The molecule has 2 nitrogen and oxygen atoms in total. The molecule has 0 atom stereocenters. The van der Waals surface area contributed by atoms with E-state index in [9.17, 15) is 0 Å². The molecule has 0 saturated carbocycles. The van der Waals surface area contributed by atoms with Crippen LogP contribution in [0.5, 0.6) is 0 Å². The molecule has 2 aromatic carbocycles. The Balaban J connectivity index is 1.91. The van der Waals surface area contributed by atoms with Gasteiger partial charge in [0.2, 0.25) is 0 Å². The van der Waals surface area contributed by atoms with E-state index in [1.807, 2.05) is 0 Å². The molecule has 0 amide bonds. The monoisotopic (exact) mass is 264 g/mol. The fraction of sp³-hybridized carbons (Fsp3) is 0.222. The Kier molecular flexibility index (Phi) is 3.57. The van der Waals surface area contributed by atoms with E-state index in [1.165, 1.54) is 33.3 Å². The van der Waals surface area contributed by atoms with Gasteiger partial charge in [0, 0.05) is 16.6 Å². The number of benzene rings is 2. The summed E-state index contributed by atoms with van der Waals surface area (Å²) in [5, 5.41) is 1.33. The van der Waals surface area contributed by atoms with E-state index in [1.54, 1.807) is 0 Å². The minimum atomic E-state index is 0.709. The van der Waals surface area contributed by atoms with Gasteiger partial charge in [-0.1, -0.05) is 42.5 Å². The summed E-state index contributed by atoms with van der Waals surface area (Å²) in [7, 11) is 0. The number of fused-ring (bicyclic) bond motifs is 1. The second kappa shape index (κ2) is 5.51. The highest BCUT2D eigenvalue weighted by molar-refractivity contribution is 5.84. The molecule has 0 aliphatic rings. The second-order valence-electron chi connectivity index (χ2n) is 5.31. The number of para-hydroxylation sites is 1. The molecule has 2 heteroatoms. The summed E-state index contributed by atoms with van der Waals surface area (Å²) < 4.78 is 0. The Hall–Kier alpha value is -2.06. The molecular weight excluding hydrogens is 244 g/mol. The summed E-state index contributed by atoms with van der Waals surface area (Å²) in [4.78, 5) is 3.46. The molecule has 0 unspecified atom stereocenters. The molecule has 0 radical (unpaired) electrons. The molecule has 0 saturated heterocycles. The number of aryl methyl sites for hydroxylation is 1. The van der Waals surface area contributed by atoms with Crippen molar-refractivity contribution in [2.45, 2.75) is 19.8 Å². The van der Waals surface area contributed by atoms with Gasteiger partial charge in [-0.15, -0.1) is 0 Å². The van der Waals surface area contributed by atoms with Gasteiger partial charge in [-0.2, -0.15) is 0 Å². The van der Waals surface area contributed by atoms with Crippen LogP contribution in [0.25, 0.3) is 10.9 Å². The van der Waals surface area contributed by atoms with E-state index in [0.717, 1.165) is 12.8 Å². The SMILES string of the molecule is Cc1[nH]c2ccccc2c1Cc1ccc(CCN)cc1. The van der Waals surface area contributed by atoms with Gasteiger partial charge in [0.1, 0.15) is 0 Å². The topological polar surface area (TPSA) is 41.8 Å². The van der Waals surface area contributed by atoms with Crippen molar-refractivity contribution in [3.05, 3.63) is 70.9 Å². The van der Waals surface area contributed by atoms with Crippen molar-refractivity contribution in [3.63, 3.8) is 0 Å². The largest absolute Gasteiger partial charge is 0.358 e. The first-order chi connectivity index (χ1) is 9.78. The number of aromatic amines is 1. The van der Waals surface area contributed by atoms with Gasteiger partial charge in [-0.25, -0.2) is 0 Å². The van der Waals surface area contributed by atoms with Crippen LogP contribution in [0.4, 0.5) is 0 Å². The maximum Gasteiger partial charge on any atom is 0.0458 e. The number of aromatic nitrogens is 1. The van der Waals surface area contributed by atoms with Crippen molar-refractivity contribution in [3.8, 4) is 0 Å². The van der Waals surface area contributed by atoms with Gasteiger partial charge in [-0.05, 0) is 49.1 Å². The predicted octanol–water partition coefficient (Wildman–Crippen LogP) is 3.57. The van der Waals surface area contributed by atoms with E-state index in [2.05, 4.69) is 60.4 Å². The van der Waals surface area contributed by atoms with Gasteiger partial charge in [0.05, 0.1) is 0 Å². The quantitative estimate of drug-likeness (QED) is 0.743. The lowest BCUT2D eigenvalue weighted by atomic mass is 10.0. The van der Waals surface area contributed by atoms with E-state index >= 15 is 0 Å². The van der Waals surface area contributed by atoms with Gasteiger partial charge in [-0.3, -0.25) is 0 Å². The third-order valence-electron chi connectivity index (χ3n) is 3.86. The van der Waals surface area contributed by atoms with Gasteiger partial charge in [0.25, 0.3) is 0 Å². The van der Waals surface area contributed by atoms with Crippen LogP contribution in [0.1, 0.15) is 22.4 Å². The third-order valence-corrected chi connectivity index (χ3v) is 3.86. The van der Waals surface area contributed by atoms with Crippen LogP contribution in [0, 0.1) is 6.92 Å². The standard InChI is InChI=1S/C18H20N2/c1-13-17(16-4-2-3-5-18(16)20-13)12-15-8-6-14(7-9-15)10-11-19/h2-9,20H,10-12,19H2,1H3. The maximum atomic E-state index is 5.59. The highest BCUT2D eigenvalue weighted by Gasteiger charge is 2.08. The average Bonchev–Trinajstić information content (AvgIpc) is 2.78. The Morgan fingerprint density at radius 2 is 1.65 bits per heavy atom. The third kappa shape index (κ3) is 2.47. The smallest absolute Gasteiger partial charge is 0.0458 e. The molecule has 1 heterocycles. The molecule has 0 fully saturated rings. The Bertz CT molecular complexity index is 708. The molecule has 0 aliphatic carbocycles. The molecule has 3 N–H and O–H groups in total. The number of nitrogens with two attached hydrogens (primary N) is 1. The second-order valence-corrected chi connectivity index (χ2v) is 5.31. The van der Waals surface area contributed by atoms with Crippen LogP contribution in [-0.4, -0.2) is 11.5 Å². The summed E-state index contributed by atoms with van der Waals surface area (Å²) in [6.45, 7) is 2.86. The van der Waals surface area contributed by atoms with Crippen LogP contribution in [-0.2, 0) is 12.8 Å². The van der Waals surface area contributed by atoms with E-state index in [4.69, 9.17) is 5.73 Å². The average molecular weight is 264 g/mol. The summed E-state index contributed by atoms with van der Waals surface area (Å²) in [5.74, 6) is 0. The molecule has 1 aromatic heterocycles. The molecular formula is C18H20N2. The van der Waals surface area contributed by atoms with Crippen molar-refractivity contribution in [1.29, 1.82) is 0 Å². The summed E-state index contributed by atoms with van der Waals surface area (Å²) >= 11 is 0. The number of hydrogen-bond acceptors (Lipinski definition) is 1. The lowest BCUT2D eigenvalue weighted by molar-refractivity contribution is 0.966. The first-order valence-electron chi connectivity index (χ1n) is 7.12. The fourth-order valence-corrected chi connectivity index (χ4v) is 2.76. The summed E-state index contributed by atoms with van der Waals surface area (Å²) in [6.07, 6.45) is 1.92. The molecule has 0 spiro atoms. The summed E-state index contributed by atoms with van der Waals surface area (Å²) in [6, 6.07) is 17.3. The predicted molar refractivity (Wildman–Crippen MR) is 85.0 cm³/mol. The van der Waals surface area contributed by atoms with E-state index in [-0.39, 0.29) is 0 Å². The molecule has 0 aliphatic heterocycles. The fourth-order valence-electron chi connectivity index (χ4n) is 2.76. The van der Waals surface area contributed by atoms with Crippen LogP contribution < -0.4 is 5.73 Å². The number of rotatable bonds is 4. The van der Waals surface area contributed by atoms with E-state index < -0.39 is 0 Å². The number of nitrogens with one attached hydrogen (secondary N) is 1. The molecule has 102 valence electrons.